The molecular weight excluding hydrogens is 170 g/mol. The van der Waals surface area contributed by atoms with Crippen molar-refractivity contribution in [3.05, 3.63) is 0 Å². The van der Waals surface area contributed by atoms with Gasteiger partial charge in [0.2, 0.25) is 0 Å². The van der Waals surface area contributed by atoms with Crippen LogP contribution < -0.4 is 5.73 Å². The average molecular weight is 185 g/mol. The second-order valence-electron chi connectivity index (χ2n) is 4.19. The summed E-state index contributed by atoms with van der Waals surface area (Å²) in [6, 6.07) is 0. The van der Waals surface area contributed by atoms with E-state index in [9.17, 15) is 10.0 Å². The Morgan fingerprint density at radius 2 is 1.92 bits per heavy atom. The Labute approximate surface area is 77.2 Å². The molecule has 13 heavy (non-hydrogen) atoms. The summed E-state index contributed by atoms with van der Waals surface area (Å²) < 4.78 is 0. The molecule has 0 bridgehead atoms. The summed E-state index contributed by atoms with van der Waals surface area (Å²) in [4.78, 5) is 15.1. The Morgan fingerprint density at radius 3 is 2.08 bits per heavy atom. The lowest BCUT2D eigenvalue weighted by molar-refractivity contribution is -0.188. The van der Waals surface area contributed by atoms with E-state index in [1.807, 2.05) is 0 Å². The normalized spacial score (nSPS) is 25.8. The fourth-order valence-electron chi connectivity index (χ4n) is 1.60. The highest BCUT2D eigenvalue weighted by Gasteiger charge is 2.49. The van der Waals surface area contributed by atoms with Crippen LogP contribution in [-0.2, 0) is 4.79 Å². The molecule has 1 heterocycles. The van der Waals surface area contributed by atoms with E-state index in [1.165, 1.54) is 0 Å². The van der Waals surface area contributed by atoms with Gasteiger partial charge in [-0.25, -0.2) is 0 Å². The van der Waals surface area contributed by atoms with Crippen molar-refractivity contribution in [2.45, 2.75) is 38.9 Å². The molecule has 0 spiro atoms. The summed E-state index contributed by atoms with van der Waals surface area (Å²) in [5.41, 5.74) is 3.76. The van der Waals surface area contributed by atoms with Gasteiger partial charge in [-0.05, 0) is 27.7 Å². The highest BCUT2D eigenvalue weighted by atomic mass is 16.5. The maximum Gasteiger partial charge on any atom is 0.264 e. The fraction of sp³-hybridized carbons (Fsp3) is 0.750. The average Bonchev–Trinajstić information content (AvgIpc) is 2.11. The van der Waals surface area contributed by atoms with Crippen molar-refractivity contribution >= 4 is 11.6 Å². The minimum absolute atomic E-state index is 0.208. The summed E-state index contributed by atoms with van der Waals surface area (Å²) in [5.74, 6) is -0.588. The van der Waals surface area contributed by atoms with Crippen LogP contribution in [0.15, 0.2) is 4.99 Å². The van der Waals surface area contributed by atoms with Gasteiger partial charge in [-0.15, -0.1) is 0 Å². The van der Waals surface area contributed by atoms with Crippen molar-refractivity contribution in [2.75, 3.05) is 0 Å². The molecule has 0 unspecified atom stereocenters. The molecule has 1 amide bonds. The number of aliphatic imine (C=N–C) groups is 1. The molecular formula is C8H15N3O2. The molecule has 74 valence electrons. The van der Waals surface area contributed by atoms with E-state index in [2.05, 4.69) is 4.99 Å². The summed E-state index contributed by atoms with van der Waals surface area (Å²) >= 11 is 0. The van der Waals surface area contributed by atoms with Gasteiger partial charge in [0.25, 0.3) is 5.91 Å². The van der Waals surface area contributed by atoms with Gasteiger partial charge >= 0.3 is 0 Å². The quantitative estimate of drug-likeness (QED) is 0.609. The summed E-state index contributed by atoms with van der Waals surface area (Å²) in [6.45, 7) is 6.83. The summed E-state index contributed by atoms with van der Waals surface area (Å²) in [5, 5.41) is 10.8. The maximum atomic E-state index is 11.0. The van der Waals surface area contributed by atoms with Crippen LogP contribution >= 0.6 is 0 Å². The van der Waals surface area contributed by atoms with Crippen molar-refractivity contribution in [1.29, 1.82) is 0 Å². The van der Waals surface area contributed by atoms with E-state index >= 15 is 0 Å². The standard InChI is InChI=1S/C8H15N3O2/c1-7(2)5(6(9)12)10-8(3,4)11(7)13/h13H,1-4H3,(H2,9,12). The molecule has 0 aromatic rings. The monoisotopic (exact) mass is 185 g/mol. The second-order valence-corrected chi connectivity index (χ2v) is 4.19. The van der Waals surface area contributed by atoms with Gasteiger partial charge in [0.1, 0.15) is 11.4 Å². The van der Waals surface area contributed by atoms with Crippen molar-refractivity contribution in [2.24, 2.45) is 10.7 Å². The molecule has 1 aliphatic heterocycles. The predicted octanol–water partition coefficient (Wildman–Crippen LogP) is 0.132. The Bertz CT molecular complexity index is 281. The van der Waals surface area contributed by atoms with Crippen LogP contribution in [0.3, 0.4) is 0 Å². The molecule has 0 aromatic heterocycles. The van der Waals surface area contributed by atoms with Crippen molar-refractivity contribution in [3.63, 3.8) is 0 Å². The van der Waals surface area contributed by atoms with Crippen molar-refractivity contribution in [1.82, 2.24) is 5.06 Å². The molecule has 0 saturated heterocycles. The topological polar surface area (TPSA) is 78.9 Å². The highest BCUT2D eigenvalue weighted by Crippen LogP contribution is 2.32. The summed E-state index contributed by atoms with van der Waals surface area (Å²) in [7, 11) is 0. The van der Waals surface area contributed by atoms with E-state index < -0.39 is 17.1 Å². The molecule has 5 heteroatoms. The lowest BCUT2D eigenvalue weighted by atomic mass is 9.98. The molecule has 5 nitrogen and oxygen atoms in total. The zero-order valence-electron chi connectivity index (χ0n) is 8.33. The first-order valence-electron chi connectivity index (χ1n) is 4.09. The Kier molecular flexibility index (Phi) is 1.97. The number of carbonyl (C=O) groups excluding carboxylic acids is 1. The van der Waals surface area contributed by atoms with Crippen LogP contribution in [-0.4, -0.2) is 33.1 Å². The Hall–Kier alpha value is -0.940. The molecule has 1 rings (SSSR count). The molecule has 0 fully saturated rings. The van der Waals surface area contributed by atoms with Crippen LogP contribution in [0.25, 0.3) is 0 Å². The van der Waals surface area contributed by atoms with E-state index in [4.69, 9.17) is 5.73 Å². The van der Waals surface area contributed by atoms with Gasteiger partial charge in [0.15, 0.2) is 0 Å². The Morgan fingerprint density at radius 1 is 1.46 bits per heavy atom. The molecule has 3 N–H and O–H groups in total. The zero-order valence-corrected chi connectivity index (χ0v) is 8.33. The number of hydroxylamine groups is 2. The number of primary amides is 1. The van der Waals surface area contributed by atoms with E-state index in [1.54, 1.807) is 27.7 Å². The number of hydrogen-bond donors (Lipinski definition) is 2. The minimum Gasteiger partial charge on any atom is -0.364 e. The third-order valence-electron chi connectivity index (χ3n) is 2.25. The van der Waals surface area contributed by atoms with Crippen LogP contribution in [0, 0.1) is 0 Å². The third kappa shape index (κ3) is 1.34. The number of rotatable bonds is 1. The van der Waals surface area contributed by atoms with Crippen molar-refractivity contribution < 1.29 is 10.0 Å². The SMILES string of the molecule is CC1(C)N=C(C(N)=O)C(C)(C)N1O. The number of nitrogens with zero attached hydrogens (tertiary/aromatic N) is 2. The summed E-state index contributed by atoms with van der Waals surface area (Å²) in [6.07, 6.45) is 0. The van der Waals surface area contributed by atoms with Gasteiger partial charge in [-0.3, -0.25) is 9.79 Å². The van der Waals surface area contributed by atoms with Crippen LogP contribution in [0.4, 0.5) is 0 Å². The zero-order chi connectivity index (χ0) is 10.4. The van der Waals surface area contributed by atoms with Crippen LogP contribution in [0.1, 0.15) is 27.7 Å². The van der Waals surface area contributed by atoms with E-state index in [0.29, 0.717) is 0 Å². The van der Waals surface area contributed by atoms with Gasteiger partial charge in [0.05, 0.1) is 5.54 Å². The molecule has 1 aliphatic rings. The molecule has 0 aromatic carbocycles. The number of nitrogens with two attached hydrogens (primary N) is 1. The van der Waals surface area contributed by atoms with Crippen molar-refractivity contribution in [3.8, 4) is 0 Å². The van der Waals surface area contributed by atoms with Crippen LogP contribution in [0.5, 0.6) is 0 Å². The first kappa shape index (κ1) is 10.1. The largest absolute Gasteiger partial charge is 0.364 e. The number of hydrogen-bond acceptors (Lipinski definition) is 4. The van der Waals surface area contributed by atoms with Gasteiger partial charge in [0, 0.05) is 0 Å². The predicted molar refractivity (Wildman–Crippen MR) is 48.4 cm³/mol. The van der Waals surface area contributed by atoms with Gasteiger partial charge in [-0.2, -0.15) is 5.06 Å². The minimum atomic E-state index is -0.810. The maximum absolute atomic E-state index is 11.0. The first-order chi connectivity index (χ1) is 5.69. The Balaban J connectivity index is 3.17. The van der Waals surface area contributed by atoms with Crippen LogP contribution in [0.2, 0.25) is 0 Å². The lowest BCUT2D eigenvalue weighted by Crippen LogP contribution is -2.52. The second kappa shape index (κ2) is 2.52. The molecule has 0 saturated carbocycles. The molecule has 0 aliphatic carbocycles. The number of amides is 1. The number of carbonyl (C=O) groups is 1. The lowest BCUT2D eigenvalue weighted by Gasteiger charge is -2.33. The van der Waals surface area contributed by atoms with E-state index in [-0.39, 0.29) is 5.71 Å². The highest BCUT2D eigenvalue weighted by molar-refractivity contribution is 6.42. The fourth-order valence-corrected chi connectivity index (χ4v) is 1.60. The molecule has 0 radical (unpaired) electrons. The smallest absolute Gasteiger partial charge is 0.264 e. The van der Waals surface area contributed by atoms with Gasteiger partial charge < -0.3 is 10.9 Å². The van der Waals surface area contributed by atoms with Gasteiger partial charge in [-0.1, -0.05) is 0 Å². The molecule has 0 atom stereocenters. The van der Waals surface area contributed by atoms with E-state index in [0.717, 1.165) is 5.06 Å². The first-order valence-corrected chi connectivity index (χ1v) is 4.09. The third-order valence-corrected chi connectivity index (χ3v) is 2.25.